The van der Waals surface area contributed by atoms with Crippen molar-refractivity contribution in [2.45, 2.75) is 11.8 Å². The summed E-state index contributed by atoms with van der Waals surface area (Å²) in [6.45, 7) is 4.64. The number of carbonyl (C=O) groups is 1. The lowest BCUT2D eigenvalue weighted by atomic mass is 9.88. The van der Waals surface area contributed by atoms with Crippen molar-refractivity contribution < 1.29 is 4.79 Å². The van der Waals surface area contributed by atoms with Gasteiger partial charge in [-0.3, -0.25) is 4.79 Å². The van der Waals surface area contributed by atoms with Gasteiger partial charge in [0.2, 0.25) is 5.91 Å². The molecule has 0 saturated carbocycles. The number of hydrogen-bond donors (Lipinski definition) is 2. The van der Waals surface area contributed by atoms with Crippen molar-refractivity contribution >= 4 is 29.3 Å². The molecule has 19 heavy (non-hydrogen) atoms. The van der Waals surface area contributed by atoms with Crippen molar-refractivity contribution in [2.75, 3.05) is 25.4 Å². The van der Waals surface area contributed by atoms with Crippen LogP contribution in [-0.2, 0) is 4.79 Å². The van der Waals surface area contributed by atoms with E-state index < -0.39 is 0 Å². The molecule has 1 saturated heterocycles. The Kier molecular flexibility index (Phi) is 5.55. The van der Waals surface area contributed by atoms with E-state index in [9.17, 15) is 4.79 Å². The second-order valence-electron chi connectivity index (χ2n) is 4.80. The molecule has 0 bridgehead atoms. The van der Waals surface area contributed by atoms with E-state index >= 15 is 0 Å². The Balaban J connectivity index is 1.63. The lowest BCUT2D eigenvalue weighted by Gasteiger charge is -2.31. The molecule has 1 unspecified atom stereocenters. The van der Waals surface area contributed by atoms with E-state index in [4.69, 9.17) is 11.6 Å². The van der Waals surface area contributed by atoms with Crippen LogP contribution in [0.25, 0.3) is 0 Å². The second-order valence-corrected chi connectivity index (χ2v) is 6.41. The van der Waals surface area contributed by atoms with Gasteiger partial charge in [0, 0.05) is 28.1 Å². The van der Waals surface area contributed by atoms with Gasteiger partial charge in [-0.1, -0.05) is 18.5 Å². The standard InChI is InChI=1S/C14H19ClN2OS/c1-10(11-8-16-9-11)14(18)17-6-7-19-13-4-2-12(15)3-5-13/h2-5,10-11,16H,6-9H2,1H3,(H,17,18). The fraction of sp³-hybridized carbons (Fsp3) is 0.500. The Morgan fingerprint density at radius 1 is 1.47 bits per heavy atom. The minimum atomic E-state index is 0.113. The zero-order valence-electron chi connectivity index (χ0n) is 11.0. The minimum Gasteiger partial charge on any atom is -0.355 e. The minimum absolute atomic E-state index is 0.113. The molecular formula is C14H19ClN2OS. The summed E-state index contributed by atoms with van der Waals surface area (Å²) in [4.78, 5) is 13.0. The first-order valence-electron chi connectivity index (χ1n) is 6.53. The largest absolute Gasteiger partial charge is 0.355 e. The smallest absolute Gasteiger partial charge is 0.223 e. The van der Waals surface area contributed by atoms with E-state index in [2.05, 4.69) is 10.6 Å². The molecule has 0 aliphatic carbocycles. The van der Waals surface area contributed by atoms with Gasteiger partial charge in [-0.15, -0.1) is 11.8 Å². The van der Waals surface area contributed by atoms with Crippen molar-refractivity contribution in [1.29, 1.82) is 0 Å². The quantitative estimate of drug-likeness (QED) is 0.626. The first kappa shape index (κ1) is 14.7. The maximum atomic E-state index is 11.9. The number of thioether (sulfide) groups is 1. The molecule has 1 atom stereocenters. The van der Waals surface area contributed by atoms with Crippen molar-refractivity contribution in [3.63, 3.8) is 0 Å². The first-order chi connectivity index (χ1) is 9.16. The second kappa shape index (κ2) is 7.17. The van der Waals surface area contributed by atoms with Crippen LogP contribution in [0.3, 0.4) is 0 Å². The molecule has 2 N–H and O–H groups in total. The summed E-state index contributed by atoms with van der Waals surface area (Å²) in [6, 6.07) is 7.76. The first-order valence-corrected chi connectivity index (χ1v) is 7.90. The van der Waals surface area contributed by atoms with Crippen LogP contribution in [0, 0.1) is 11.8 Å². The van der Waals surface area contributed by atoms with Gasteiger partial charge in [0.1, 0.15) is 0 Å². The summed E-state index contributed by atoms with van der Waals surface area (Å²) < 4.78 is 0. The van der Waals surface area contributed by atoms with Crippen molar-refractivity contribution in [3.8, 4) is 0 Å². The van der Waals surface area contributed by atoms with Crippen LogP contribution in [0.4, 0.5) is 0 Å². The van der Waals surface area contributed by atoms with Gasteiger partial charge in [-0.05, 0) is 43.3 Å². The zero-order chi connectivity index (χ0) is 13.7. The fourth-order valence-corrected chi connectivity index (χ4v) is 2.81. The van der Waals surface area contributed by atoms with E-state index in [1.54, 1.807) is 11.8 Å². The Labute approximate surface area is 123 Å². The molecule has 2 rings (SSSR count). The maximum absolute atomic E-state index is 11.9. The third kappa shape index (κ3) is 4.41. The zero-order valence-corrected chi connectivity index (χ0v) is 12.6. The van der Waals surface area contributed by atoms with Crippen LogP contribution in [0.15, 0.2) is 29.2 Å². The summed E-state index contributed by atoms with van der Waals surface area (Å²) in [5, 5.41) is 6.95. The molecule has 0 spiro atoms. The van der Waals surface area contributed by atoms with Gasteiger partial charge in [0.25, 0.3) is 0 Å². The summed E-state index contributed by atoms with van der Waals surface area (Å²) in [5.74, 6) is 1.66. The highest BCUT2D eigenvalue weighted by molar-refractivity contribution is 7.99. The number of carbonyl (C=O) groups excluding carboxylic acids is 1. The number of rotatable bonds is 6. The highest BCUT2D eigenvalue weighted by Crippen LogP contribution is 2.20. The average Bonchev–Trinajstić information content (AvgIpc) is 2.34. The van der Waals surface area contributed by atoms with Crippen LogP contribution < -0.4 is 10.6 Å². The van der Waals surface area contributed by atoms with Crippen LogP contribution >= 0.6 is 23.4 Å². The van der Waals surface area contributed by atoms with Crippen molar-refractivity contribution in [1.82, 2.24) is 10.6 Å². The molecule has 1 aliphatic rings. The number of benzene rings is 1. The normalized spacial score (nSPS) is 16.7. The maximum Gasteiger partial charge on any atom is 0.223 e. The Morgan fingerprint density at radius 3 is 2.74 bits per heavy atom. The third-order valence-electron chi connectivity index (χ3n) is 3.42. The number of hydrogen-bond acceptors (Lipinski definition) is 3. The predicted octanol–water partition coefficient (Wildman–Crippen LogP) is 2.40. The molecule has 0 radical (unpaired) electrons. The Bertz CT molecular complexity index is 420. The molecule has 5 heteroatoms. The van der Waals surface area contributed by atoms with E-state index in [0.29, 0.717) is 12.5 Å². The van der Waals surface area contributed by atoms with Gasteiger partial charge in [-0.2, -0.15) is 0 Å². The molecule has 1 aromatic rings. The summed E-state index contributed by atoms with van der Waals surface area (Å²) in [5.41, 5.74) is 0. The van der Waals surface area contributed by atoms with Crippen LogP contribution in [0.1, 0.15) is 6.92 Å². The van der Waals surface area contributed by atoms with Crippen LogP contribution in [0.2, 0.25) is 5.02 Å². The molecule has 1 aromatic carbocycles. The Hall–Kier alpha value is -0.710. The lowest BCUT2D eigenvalue weighted by Crippen LogP contribution is -2.49. The number of halogens is 1. The number of nitrogens with one attached hydrogen (secondary N) is 2. The molecule has 1 amide bonds. The molecule has 0 aromatic heterocycles. The molecule has 104 valence electrons. The highest BCUT2D eigenvalue weighted by atomic mass is 35.5. The van der Waals surface area contributed by atoms with Crippen LogP contribution in [-0.4, -0.2) is 31.3 Å². The highest BCUT2D eigenvalue weighted by Gasteiger charge is 2.28. The van der Waals surface area contributed by atoms with Gasteiger partial charge < -0.3 is 10.6 Å². The van der Waals surface area contributed by atoms with Crippen LogP contribution in [0.5, 0.6) is 0 Å². The summed E-state index contributed by atoms with van der Waals surface area (Å²) in [7, 11) is 0. The topological polar surface area (TPSA) is 41.1 Å². The van der Waals surface area contributed by atoms with Crippen molar-refractivity contribution in [2.24, 2.45) is 11.8 Å². The van der Waals surface area contributed by atoms with Gasteiger partial charge in [0.15, 0.2) is 0 Å². The van der Waals surface area contributed by atoms with E-state index in [0.717, 1.165) is 23.9 Å². The monoisotopic (exact) mass is 298 g/mol. The fourth-order valence-electron chi connectivity index (χ4n) is 1.91. The van der Waals surface area contributed by atoms with E-state index in [1.165, 1.54) is 4.90 Å². The molecular weight excluding hydrogens is 280 g/mol. The molecule has 3 nitrogen and oxygen atoms in total. The summed E-state index contributed by atoms with van der Waals surface area (Å²) in [6.07, 6.45) is 0. The van der Waals surface area contributed by atoms with Crippen molar-refractivity contribution in [3.05, 3.63) is 29.3 Å². The average molecular weight is 299 g/mol. The summed E-state index contributed by atoms with van der Waals surface area (Å²) >= 11 is 7.55. The third-order valence-corrected chi connectivity index (χ3v) is 4.68. The molecule has 1 aliphatic heterocycles. The SMILES string of the molecule is CC(C(=O)NCCSc1ccc(Cl)cc1)C1CNC1. The number of amides is 1. The lowest BCUT2D eigenvalue weighted by molar-refractivity contribution is -0.126. The van der Waals surface area contributed by atoms with Gasteiger partial charge in [-0.25, -0.2) is 0 Å². The van der Waals surface area contributed by atoms with Gasteiger partial charge in [0.05, 0.1) is 0 Å². The van der Waals surface area contributed by atoms with Gasteiger partial charge >= 0.3 is 0 Å². The molecule has 1 fully saturated rings. The predicted molar refractivity (Wildman–Crippen MR) is 80.7 cm³/mol. The van der Waals surface area contributed by atoms with E-state index in [1.807, 2.05) is 31.2 Å². The van der Waals surface area contributed by atoms with E-state index in [-0.39, 0.29) is 11.8 Å². The Morgan fingerprint density at radius 2 is 2.16 bits per heavy atom. The molecule has 1 heterocycles.